The molecule has 0 saturated carbocycles. The van der Waals surface area contributed by atoms with Crippen LogP contribution in [0.5, 0.6) is 5.75 Å². The summed E-state index contributed by atoms with van der Waals surface area (Å²) in [6.45, 7) is 6.18. The minimum atomic E-state index is 0.828. The van der Waals surface area contributed by atoms with Crippen LogP contribution in [0.3, 0.4) is 0 Å². The highest BCUT2D eigenvalue weighted by molar-refractivity contribution is 8.14. The third kappa shape index (κ3) is 5.87. The number of ether oxygens (including phenoxy) is 1. The maximum absolute atomic E-state index is 5.87. The fourth-order valence-electron chi connectivity index (χ4n) is 2.50. The van der Waals surface area contributed by atoms with Gasteiger partial charge in [0.05, 0.1) is 11.9 Å². The van der Waals surface area contributed by atoms with Gasteiger partial charge >= 0.3 is 0 Å². The van der Waals surface area contributed by atoms with E-state index < -0.39 is 0 Å². The van der Waals surface area contributed by atoms with Gasteiger partial charge in [-0.05, 0) is 62.7 Å². The van der Waals surface area contributed by atoms with Crippen molar-refractivity contribution in [3.63, 3.8) is 0 Å². The third-order valence-corrected chi connectivity index (χ3v) is 4.99. The van der Waals surface area contributed by atoms with E-state index in [0.717, 1.165) is 26.9 Å². The summed E-state index contributed by atoms with van der Waals surface area (Å²) in [6, 6.07) is 26.5. The molecule has 3 aromatic carbocycles. The number of hydrogen-bond donors (Lipinski definition) is 0. The lowest BCUT2D eigenvalue weighted by molar-refractivity contribution is 0.478. The van der Waals surface area contributed by atoms with Crippen LogP contribution in [-0.4, -0.2) is 5.04 Å². The van der Waals surface area contributed by atoms with E-state index in [9.17, 15) is 0 Å². The highest BCUT2D eigenvalue weighted by Crippen LogP contribution is 2.27. The number of nitrogens with zero attached hydrogens (tertiary/aromatic N) is 1. The second kappa shape index (κ2) is 9.24. The molecule has 0 aliphatic heterocycles. The van der Waals surface area contributed by atoms with Gasteiger partial charge in [0.25, 0.3) is 0 Å². The molecule has 0 radical (unpaired) electrons. The van der Waals surface area contributed by atoms with E-state index in [0.29, 0.717) is 0 Å². The monoisotopic (exact) mass is 373 g/mol. The molecule has 0 heterocycles. The predicted octanol–water partition coefficient (Wildman–Crippen LogP) is 7.11. The standard InChI is InChI=1S/C24H23NOS/c1-18-9-7-13-22(15-18)26-17-20(3)24(25-21-11-5-4-6-12-21)27-23-14-8-10-19(2)16-23/h4-17H,1-3H3/b20-17+,25-24?. The first-order valence-corrected chi connectivity index (χ1v) is 9.70. The molecule has 0 bridgehead atoms. The number of para-hydroxylation sites is 1. The molecule has 3 aromatic rings. The van der Waals surface area contributed by atoms with Crippen LogP contribution in [0.2, 0.25) is 0 Å². The molecule has 3 heteroatoms. The molecule has 0 atom stereocenters. The quantitative estimate of drug-likeness (QED) is 0.206. The molecule has 0 fully saturated rings. The average Bonchev–Trinajstić information content (AvgIpc) is 2.66. The minimum Gasteiger partial charge on any atom is -0.465 e. The topological polar surface area (TPSA) is 21.6 Å². The lowest BCUT2D eigenvalue weighted by Gasteiger charge is -2.09. The molecule has 0 aromatic heterocycles. The van der Waals surface area contributed by atoms with Gasteiger partial charge in [-0.2, -0.15) is 0 Å². The molecule has 2 nitrogen and oxygen atoms in total. The first kappa shape index (κ1) is 19.0. The minimum absolute atomic E-state index is 0.828. The predicted molar refractivity (Wildman–Crippen MR) is 116 cm³/mol. The smallest absolute Gasteiger partial charge is 0.126 e. The van der Waals surface area contributed by atoms with Gasteiger partial charge in [-0.3, -0.25) is 0 Å². The lowest BCUT2D eigenvalue weighted by atomic mass is 10.2. The van der Waals surface area contributed by atoms with Crippen molar-refractivity contribution in [3.05, 3.63) is 102 Å². The summed E-state index contributed by atoms with van der Waals surface area (Å²) in [6.07, 6.45) is 1.78. The molecule has 0 spiro atoms. The van der Waals surface area contributed by atoms with E-state index >= 15 is 0 Å². The summed E-state index contributed by atoms with van der Waals surface area (Å²) in [7, 11) is 0. The largest absolute Gasteiger partial charge is 0.465 e. The first-order chi connectivity index (χ1) is 13.1. The zero-order valence-corrected chi connectivity index (χ0v) is 16.7. The Labute approximate surface area is 165 Å². The summed E-state index contributed by atoms with van der Waals surface area (Å²) in [5.41, 5.74) is 4.31. The number of rotatable bonds is 5. The summed E-state index contributed by atoms with van der Waals surface area (Å²) < 4.78 is 5.87. The number of aryl methyl sites for hydroxylation is 2. The van der Waals surface area contributed by atoms with Gasteiger partial charge in [0.2, 0.25) is 0 Å². The molecule has 0 N–H and O–H groups in total. The fourth-order valence-corrected chi connectivity index (χ4v) is 3.47. The lowest BCUT2D eigenvalue weighted by Crippen LogP contribution is -1.97. The van der Waals surface area contributed by atoms with Crippen molar-refractivity contribution < 1.29 is 4.74 Å². The molecule has 0 aliphatic carbocycles. The molecular formula is C24H23NOS. The van der Waals surface area contributed by atoms with Crippen LogP contribution in [0.15, 0.2) is 101 Å². The van der Waals surface area contributed by atoms with Gasteiger partial charge in [0.1, 0.15) is 10.8 Å². The highest BCUT2D eigenvalue weighted by atomic mass is 32.2. The van der Waals surface area contributed by atoms with E-state index in [4.69, 9.17) is 9.73 Å². The Kier molecular flexibility index (Phi) is 6.50. The number of hydrogen-bond acceptors (Lipinski definition) is 3. The van der Waals surface area contributed by atoms with Crippen molar-refractivity contribution in [3.8, 4) is 5.75 Å². The zero-order chi connectivity index (χ0) is 19.1. The van der Waals surface area contributed by atoms with Crippen molar-refractivity contribution in [2.75, 3.05) is 0 Å². The number of thioether (sulfide) groups is 1. The van der Waals surface area contributed by atoms with Gasteiger partial charge in [-0.15, -0.1) is 0 Å². The maximum Gasteiger partial charge on any atom is 0.126 e. The first-order valence-electron chi connectivity index (χ1n) is 8.89. The summed E-state index contributed by atoms with van der Waals surface area (Å²) >= 11 is 1.65. The van der Waals surface area contributed by atoms with Gasteiger partial charge in [0, 0.05) is 10.5 Å². The van der Waals surface area contributed by atoms with E-state index in [2.05, 4.69) is 44.2 Å². The van der Waals surface area contributed by atoms with Crippen LogP contribution in [-0.2, 0) is 0 Å². The summed E-state index contributed by atoms with van der Waals surface area (Å²) in [5, 5.41) is 0.916. The maximum atomic E-state index is 5.87. The van der Waals surface area contributed by atoms with E-state index in [-0.39, 0.29) is 0 Å². The number of aliphatic imine (C=N–C) groups is 1. The second-order valence-corrected chi connectivity index (χ2v) is 7.47. The van der Waals surface area contributed by atoms with Crippen LogP contribution >= 0.6 is 11.8 Å². The Hall–Kier alpha value is -2.78. The van der Waals surface area contributed by atoms with Crippen molar-refractivity contribution in [2.45, 2.75) is 25.7 Å². The van der Waals surface area contributed by atoms with Crippen molar-refractivity contribution in [2.24, 2.45) is 4.99 Å². The fraction of sp³-hybridized carbons (Fsp3) is 0.125. The molecule has 0 aliphatic rings. The van der Waals surface area contributed by atoms with Crippen molar-refractivity contribution >= 4 is 22.5 Å². The molecule has 0 amide bonds. The zero-order valence-electron chi connectivity index (χ0n) is 15.8. The Morgan fingerprint density at radius 3 is 2.26 bits per heavy atom. The Bertz CT molecular complexity index is 961. The van der Waals surface area contributed by atoms with Crippen LogP contribution in [0.4, 0.5) is 5.69 Å². The molecule has 27 heavy (non-hydrogen) atoms. The molecule has 3 rings (SSSR count). The van der Waals surface area contributed by atoms with Crippen LogP contribution in [0, 0.1) is 13.8 Å². The van der Waals surface area contributed by atoms with E-state index in [1.807, 2.05) is 55.5 Å². The highest BCUT2D eigenvalue weighted by Gasteiger charge is 2.08. The molecular weight excluding hydrogens is 350 g/mol. The molecule has 0 unspecified atom stereocenters. The van der Waals surface area contributed by atoms with Crippen LogP contribution < -0.4 is 4.74 Å². The Morgan fingerprint density at radius 2 is 1.56 bits per heavy atom. The van der Waals surface area contributed by atoms with Gasteiger partial charge in [-0.25, -0.2) is 4.99 Å². The average molecular weight is 374 g/mol. The third-order valence-electron chi connectivity index (χ3n) is 3.89. The van der Waals surface area contributed by atoms with Gasteiger partial charge in [0.15, 0.2) is 0 Å². The Morgan fingerprint density at radius 1 is 0.852 bits per heavy atom. The second-order valence-electron chi connectivity index (χ2n) is 6.41. The van der Waals surface area contributed by atoms with E-state index in [1.165, 1.54) is 11.1 Å². The van der Waals surface area contributed by atoms with Crippen LogP contribution in [0.1, 0.15) is 18.1 Å². The van der Waals surface area contributed by atoms with E-state index in [1.54, 1.807) is 18.0 Å². The summed E-state index contributed by atoms with van der Waals surface area (Å²) in [4.78, 5) is 6.00. The van der Waals surface area contributed by atoms with Crippen molar-refractivity contribution in [1.29, 1.82) is 0 Å². The van der Waals surface area contributed by atoms with Gasteiger partial charge in [-0.1, -0.05) is 59.8 Å². The molecule has 136 valence electrons. The normalized spacial score (nSPS) is 12.1. The summed E-state index contributed by atoms with van der Waals surface area (Å²) in [5.74, 6) is 0.828. The van der Waals surface area contributed by atoms with Gasteiger partial charge < -0.3 is 4.74 Å². The SMILES string of the molecule is C/C(=C\Oc1cccc(C)c1)C(=Nc1ccccc1)Sc1cccc(C)c1. The van der Waals surface area contributed by atoms with Crippen LogP contribution in [0.25, 0.3) is 0 Å². The number of benzene rings is 3. The van der Waals surface area contributed by atoms with Crippen molar-refractivity contribution in [1.82, 2.24) is 0 Å². The Balaban J connectivity index is 1.88. The molecule has 0 saturated heterocycles.